The number of allylic oxidation sites excluding steroid dienone is 1. The third-order valence-corrected chi connectivity index (χ3v) is 8.91. The van der Waals surface area contributed by atoms with E-state index in [9.17, 15) is 14.7 Å². The van der Waals surface area contributed by atoms with Crippen LogP contribution in [0.4, 0.5) is 0 Å². The fourth-order valence-electron chi connectivity index (χ4n) is 7.51. The summed E-state index contributed by atoms with van der Waals surface area (Å²) in [5, 5.41) is 20.6. The van der Waals surface area contributed by atoms with Crippen molar-refractivity contribution < 1.29 is 19.8 Å². The minimum atomic E-state index is -0.872. The number of hydrogen-bond acceptors (Lipinski definition) is 3. The van der Waals surface area contributed by atoms with Gasteiger partial charge in [-0.3, -0.25) is 9.59 Å². The molecule has 3 saturated carbocycles. The van der Waals surface area contributed by atoms with Crippen LogP contribution in [-0.2, 0) is 9.59 Å². The third-order valence-electron chi connectivity index (χ3n) is 8.91. The second-order valence-corrected chi connectivity index (χ2v) is 9.82. The second-order valence-electron chi connectivity index (χ2n) is 9.82. The predicted molar refractivity (Wildman–Crippen MR) is 106 cm³/mol. The van der Waals surface area contributed by atoms with Gasteiger partial charge in [-0.25, -0.2) is 0 Å². The zero-order valence-electron chi connectivity index (χ0n) is 17.1. The first-order chi connectivity index (χ1) is 13.3. The van der Waals surface area contributed by atoms with E-state index in [4.69, 9.17) is 5.11 Å². The van der Waals surface area contributed by atoms with E-state index in [1.165, 1.54) is 5.57 Å². The van der Waals surface area contributed by atoms with E-state index in [1.807, 2.05) is 13.0 Å². The monoisotopic (exact) mass is 384 g/mol. The van der Waals surface area contributed by atoms with Crippen LogP contribution in [0, 0.1) is 40.4 Å². The number of hydrogen-bond donors (Lipinski definition) is 2. The Morgan fingerprint density at radius 2 is 1.93 bits per heavy atom. The quantitative estimate of drug-likeness (QED) is 0.718. The van der Waals surface area contributed by atoms with E-state index in [1.54, 1.807) is 0 Å². The van der Waals surface area contributed by atoms with Gasteiger partial charge in [0.2, 0.25) is 0 Å². The number of aliphatic carboxylic acids is 1. The Bertz CT molecular complexity index is 786. The molecule has 0 amide bonds. The summed E-state index contributed by atoms with van der Waals surface area (Å²) in [4.78, 5) is 23.2. The van der Waals surface area contributed by atoms with Crippen molar-refractivity contribution in [1.29, 1.82) is 0 Å². The molecule has 0 aromatic carbocycles. The highest BCUT2D eigenvalue weighted by Gasteiger charge is 2.64. The molecule has 4 rings (SSSR count). The normalized spacial score (nSPS) is 44.5. The molecule has 4 heteroatoms. The molecule has 0 spiro atoms. The molecule has 0 saturated heterocycles. The van der Waals surface area contributed by atoms with Crippen molar-refractivity contribution in [2.45, 2.75) is 83.7 Å². The molecule has 0 unspecified atom stereocenters. The molecule has 4 nitrogen and oxygen atoms in total. The molecule has 0 aromatic rings. The van der Waals surface area contributed by atoms with Crippen LogP contribution in [0.1, 0.15) is 78.1 Å². The van der Waals surface area contributed by atoms with Crippen molar-refractivity contribution in [3.8, 4) is 11.8 Å². The summed E-state index contributed by atoms with van der Waals surface area (Å²) in [6.07, 6.45) is 9.30. The van der Waals surface area contributed by atoms with Gasteiger partial charge in [0.25, 0.3) is 0 Å². The molecule has 152 valence electrons. The van der Waals surface area contributed by atoms with E-state index in [2.05, 4.69) is 18.8 Å². The van der Waals surface area contributed by atoms with Gasteiger partial charge in [-0.1, -0.05) is 12.8 Å². The van der Waals surface area contributed by atoms with E-state index in [0.29, 0.717) is 37.0 Å². The highest BCUT2D eigenvalue weighted by Crippen LogP contribution is 2.68. The van der Waals surface area contributed by atoms with Crippen molar-refractivity contribution in [3.63, 3.8) is 0 Å². The number of ketones is 1. The van der Waals surface area contributed by atoms with Gasteiger partial charge in [0.1, 0.15) is 0 Å². The molecule has 0 aromatic heterocycles. The molecule has 28 heavy (non-hydrogen) atoms. The van der Waals surface area contributed by atoms with Crippen LogP contribution in [0.25, 0.3) is 0 Å². The first-order valence-electron chi connectivity index (χ1n) is 10.9. The molecule has 6 atom stereocenters. The minimum Gasteiger partial charge on any atom is -0.481 e. The molecule has 2 N–H and O–H groups in total. The summed E-state index contributed by atoms with van der Waals surface area (Å²) in [5.74, 6) is 7.52. The van der Waals surface area contributed by atoms with Crippen LogP contribution in [0.5, 0.6) is 0 Å². The molecule has 0 heterocycles. The number of carbonyl (C=O) groups excluding carboxylic acids is 1. The van der Waals surface area contributed by atoms with Gasteiger partial charge in [-0.05, 0) is 93.1 Å². The van der Waals surface area contributed by atoms with Crippen LogP contribution < -0.4 is 0 Å². The maximum atomic E-state index is 12.1. The average molecular weight is 385 g/mol. The summed E-state index contributed by atoms with van der Waals surface area (Å²) < 4.78 is 0. The number of aliphatic hydroxyl groups is 1. The summed E-state index contributed by atoms with van der Waals surface area (Å²) in [7, 11) is 0. The van der Waals surface area contributed by atoms with E-state index in [-0.39, 0.29) is 23.0 Å². The Kier molecular flexibility index (Phi) is 4.74. The topological polar surface area (TPSA) is 74.6 Å². The molecule has 0 aliphatic heterocycles. The van der Waals surface area contributed by atoms with Crippen molar-refractivity contribution in [3.05, 3.63) is 11.6 Å². The Hall–Kier alpha value is -1.60. The Balaban J connectivity index is 1.67. The van der Waals surface area contributed by atoms with Crippen LogP contribution in [-0.4, -0.2) is 27.6 Å². The van der Waals surface area contributed by atoms with Gasteiger partial charge in [-0.15, -0.1) is 5.92 Å². The van der Waals surface area contributed by atoms with Crippen LogP contribution >= 0.6 is 0 Å². The SMILES string of the molecule is CC#C[C@]12CCC(=O)C=C1CC[C@@H]1[C@@H]2CC[C@@]2(C)[C@H]1CC[C@@]2(O)CCC(=O)O. The number of fused-ring (bicyclic) bond motifs is 5. The Morgan fingerprint density at radius 3 is 2.64 bits per heavy atom. The lowest BCUT2D eigenvalue weighted by atomic mass is 9.46. The van der Waals surface area contributed by atoms with Crippen LogP contribution in [0.2, 0.25) is 0 Å². The average Bonchev–Trinajstić information content (AvgIpc) is 2.92. The molecular formula is C24H32O4. The zero-order chi connectivity index (χ0) is 20.2. The van der Waals surface area contributed by atoms with Gasteiger partial charge in [0, 0.05) is 12.8 Å². The maximum absolute atomic E-state index is 12.1. The van der Waals surface area contributed by atoms with Gasteiger partial charge in [-0.2, -0.15) is 0 Å². The van der Waals surface area contributed by atoms with E-state index >= 15 is 0 Å². The maximum Gasteiger partial charge on any atom is 0.303 e. The fourth-order valence-corrected chi connectivity index (χ4v) is 7.51. The molecule has 0 bridgehead atoms. The van der Waals surface area contributed by atoms with Gasteiger partial charge in [0.05, 0.1) is 11.0 Å². The summed E-state index contributed by atoms with van der Waals surface area (Å²) in [6, 6.07) is 0. The van der Waals surface area contributed by atoms with Crippen LogP contribution in [0.15, 0.2) is 11.6 Å². The molecule has 4 aliphatic rings. The molecule has 4 aliphatic carbocycles. The van der Waals surface area contributed by atoms with Gasteiger partial charge in [0.15, 0.2) is 5.78 Å². The van der Waals surface area contributed by atoms with Crippen molar-refractivity contribution in [2.24, 2.45) is 28.6 Å². The smallest absolute Gasteiger partial charge is 0.303 e. The largest absolute Gasteiger partial charge is 0.481 e. The number of carboxylic acids is 1. The third kappa shape index (κ3) is 2.70. The predicted octanol–water partition coefficient (Wildman–Crippen LogP) is 4.12. The van der Waals surface area contributed by atoms with Crippen molar-refractivity contribution in [1.82, 2.24) is 0 Å². The first kappa shape index (κ1) is 19.7. The number of rotatable bonds is 3. The lowest BCUT2D eigenvalue weighted by Gasteiger charge is -2.58. The van der Waals surface area contributed by atoms with Crippen LogP contribution in [0.3, 0.4) is 0 Å². The Labute approximate surface area is 167 Å². The van der Waals surface area contributed by atoms with E-state index < -0.39 is 11.6 Å². The number of carboxylic acid groups (broad SMARTS) is 1. The summed E-state index contributed by atoms with van der Waals surface area (Å²) in [6.45, 7) is 4.11. The molecule has 0 radical (unpaired) electrons. The van der Waals surface area contributed by atoms with E-state index in [0.717, 1.165) is 38.5 Å². The lowest BCUT2D eigenvalue weighted by molar-refractivity contribution is -0.146. The standard InChI is InChI=1S/C24H32O4/c1-3-10-23-12-6-17(25)15-16(23)4-5-18-19-8-13-24(28,14-9-21(26)27)22(19,2)11-7-20(18)23/h15,18-20,28H,4-9,11-14H2,1-2H3,(H,26,27)/t18-,19-,20-,22-,23-,24+/m0/s1. The van der Waals surface area contributed by atoms with Gasteiger partial charge >= 0.3 is 5.97 Å². The first-order valence-corrected chi connectivity index (χ1v) is 10.9. The zero-order valence-corrected chi connectivity index (χ0v) is 17.1. The molecule has 3 fully saturated rings. The highest BCUT2D eigenvalue weighted by atomic mass is 16.4. The fraction of sp³-hybridized carbons (Fsp3) is 0.750. The summed E-state index contributed by atoms with van der Waals surface area (Å²) >= 11 is 0. The molecular weight excluding hydrogens is 352 g/mol. The second kappa shape index (κ2) is 6.73. The van der Waals surface area contributed by atoms with Crippen molar-refractivity contribution in [2.75, 3.05) is 0 Å². The highest BCUT2D eigenvalue weighted by molar-refractivity contribution is 5.92. The number of carbonyl (C=O) groups is 2. The lowest BCUT2D eigenvalue weighted by Crippen LogP contribution is -2.55. The minimum absolute atomic E-state index is 0.0349. The summed E-state index contributed by atoms with van der Waals surface area (Å²) in [5.41, 5.74) is 0.00997. The van der Waals surface area contributed by atoms with Crippen molar-refractivity contribution >= 4 is 11.8 Å². The Morgan fingerprint density at radius 1 is 1.18 bits per heavy atom. The van der Waals surface area contributed by atoms with Gasteiger partial charge < -0.3 is 10.2 Å².